The van der Waals surface area contributed by atoms with E-state index >= 15 is 0 Å². The molecule has 0 aliphatic heterocycles. The van der Waals surface area contributed by atoms with Gasteiger partial charge in [0.2, 0.25) is 11.8 Å². The molecule has 4 rings (SSSR count). The monoisotopic (exact) mass is 397 g/mol. The molecule has 136 valence electrons. The maximum Gasteiger partial charge on any atom is 0.248 e. The highest BCUT2D eigenvalue weighted by Gasteiger charge is 2.13. The van der Waals surface area contributed by atoms with Gasteiger partial charge >= 0.3 is 0 Å². The Balaban J connectivity index is 1.57. The van der Waals surface area contributed by atoms with Crippen LogP contribution in [0.15, 0.2) is 57.6 Å². The second-order valence-corrected chi connectivity index (χ2v) is 7.22. The fourth-order valence-corrected chi connectivity index (χ4v) is 3.40. The van der Waals surface area contributed by atoms with Gasteiger partial charge in [-0.05, 0) is 54.3 Å². The number of thiophene rings is 1. The number of hydrogen-bond donors (Lipinski definition) is 1. The van der Waals surface area contributed by atoms with E-state index in [1.165, 1.54) is 0 Å². The first-order valence-corrected chi connectivity index (χ1v) is 9.56. The second-order valence-electron chi connectivity index (χ2n) is 6.04. The molecule has 2 aromatic heterocycles. The van der Waals surface area contributed by atoms with E-state index in [9.17, 15) is 0 Å². The van der Waals surface area contributed by atoms with Crippen LogP contribution in [0, 0.1) is 6.92 Å². The molecule has 5 nitrogen and oxygen atoms in total. The molecule has 0 aliphatic carbocycles. The molecule has 2 N–H and O–H groups in total. The van der Waals surface area contributed by atoms with Crippen LogP contribution in [0.3, 0.4) is 0 Å². The molecule has 0 saturated carbocycles. The molecular formula is C20H16ClN3O2S. The number of rotatable bonds is 5. The van der Waals surface area contributed by atoms with E-state index in [0.717, 1.165) is 33.7 Å². The summed E-state index contributed by atoms with van der Waals surface area (Å²) in [7, 11) is 0. The van der Waals surface area contributed by atoms with Crippen molar-refractivity contribution in [3.05, 3.63) is 69.4 Å². The third kappa shape index (κ3) is 3.82. The maximum atomic E-state index is 5.95. The molecule has 0 amide bonds. The molecule has 7 heteroatoms. The Morgan fingerprint density at radius 2 is 1.74 bits per heavy atom. The fraction of sp³-hybridized carbons (Fsp3) is 0.100. The molecule has 0 bridgehead atoms. The van der Waals surface area contributed by atoms with Crippen molar-refractivity contribution in [3.8, 4) is 28.7 Å². The molecule has 2 aromatic carbocycles. The van der Waals surface area contributed by atoms with Crippen LogP contribution in [-0.4, -0.2) is 10.2 Å². The Bertz CT molecular complexity index is 1070. The lowest BCUT2D eigenvalue weighted by Gasteiger charge is -2.10. The summed E-state index contributed by atoms with van der Waals surface area (Å²) in [6.45, 7) is 2.41. The number of nitrogens with zero attached hydrogens (tertiary/aromatic N) is 2. The van der Waals surface area contributed by atoms with Crippen molar-refractivity contribution in [2.24, 2.45) is 0 Å². The van der Waals surface area contributed by atoms with Gasteiger partial charge in [-0.15, -0.1) is 21.5 Å². The molecule has 0 saturated heterocycles. The highest BCUT2D eigenvalue weighted by Crippen LogP contribution is 2.30. The highest BCUT2D eigenvalue weighted by molar-refractivity contribution is 7.08. The number of ether oxygens (including phenoxy) is 1. The van der Waals surface area contributed by atoms with Crippen LogP contribution in [0.25, 0.3) is 22.9 Å². The van der Waals surface area contributed by atoms with Crippen LogP contribution in [0.2, 0.25) is 5.02 Å². The molecule has 4 aromatic rings. The van der Waals surface area contributed by atoms with Crippen LogP contribution in [0.5, 0.6) is 5.75 Å². The topological polar surface area (TPSA) is 74.2 Å². The van der Waals surface area contributed by atoms with Crippen LogP contribution in [0.1, 0.15) is 11.1 Å². The Morgan fingerprint density at radius 1 is 1.04 bits per heavy atom. The lowest BCUT2D eigenvalue weighted by molar-refractivity contribution is 0.305. The number of nitrogen functional groups attached to an aromatic ring is 1. The van der Waals surface area contributed by atoms with Crippen molar-refractivity contribution < 1.29 is 9.15 Å². The highest BCUT2D eigenvalue weighted by atomic mass is 35.5. The number of aromatic nitrogens is 2. The first-order valence-electron chi connectivity index (χ1n) is 8.24. The van der Waals surface area contributed by atoms with Crippen LogP contribution >= 0.6 is 22.9 Å². The number of halogens is 1. The minimum Gasteiger partial charge on any atom is -0.488 e. The Labute approximate surface area is 165 Å². The van der Waals surface area contributed by atoms with Gasteiger partial charge in [0.1, 0.15) is 12.4 Å². The summed E-state index contributed by atoms with van der Waals surface area (Å²) < 4.78 is 11.8. The number of benzene rings is 2. The minimum absolute atomic E-state index is 0.416. The van der Waals surface area contributed by atoms with Gasteiger partial charge in [-0.25, -0.2) is 0 Å². The number of nitrogens with two attached hydrogens (primary N) is 1. The molecule has 27 heavy (non-hydrogen) atoms. The van der Waals surface area contributed by atoms with Gasteiger partial charge in [-0.1, -0.05) is 17.7 Å². The van der Waals surface area contributed by atoms with Gasteiger partial charge in [0, 0.05) is 32.8 Å². The van der Waals surface area contributed by atoms with Crippen molar-refractivity contribution in [1.82, 2.24) is 10.2 Å². The molecule has 2 heterocycles. The smallest absolute Gasteiger partial charge is 0.248 e. The average Bonchev–Trinajstić information content (AvgIpc) is 3.31. The number of anilines is 1. The van der Waals surface area contributed by atoms with Gasteiger partial charge < -0.3 is 14.9 Å². The Hall–Kier alpha value is -2.83. The fourth-order valence-electron chi connectivity index (χ4n) is 2.54. The zero-order chi connectivity index (χ0) is 18.8. The van der Waals surface area contributed by atoms with E-state index < -0.39 is 0 Å². The van der Waals surface area contributed by atoms with E-state index in [1.807, 2.05) is 48.0 Å². The number of hydrogen-bond acceptors (Lipinski definition) is 6. The Morgan fingerprint density at radius 3 is 2.44 bits per heavy atom. The van der Waals surface area contributed by atoms with Crippen LogP contribution < -0.4 is 10.5 Å². The van der Waals surface area contributed by atoms with Crippen LogP contribution in [0.4, 0.5) is 5.69 Å². The van der Waals surface area contributed by atoms with Crippen molar-refractivity contribution >= 4 is 28.6 Å². The molecule has 0 spiro atoms. The molecule has 0 aliphatic rings. The lowest BCUT2D eigenvalue weighted by Crippen LogP contribution is -1.99. The van der Waals surface area contributed by atoms with Crippen LogP contribution in [-0.2, 0) is 6.61 Å². The molecule has 0 fully saturated rings. The summed E-state index contributed by atoms with van der Waals surface area (Å²) >= 11 is 7.48. The predicted molar refractivity (Wildman–Crippen MR) is 108 cm³/mol. The third-order valence-electron chi connectivity index (χ3n) is 4.11. The summed E-state index contributed by atoms with van der Waals surface area (Å²) in [5.41, 5.74) is 10.3. The van der Waals surface area contributed by atoms with Crippen molar-refractivity contribution in [2.45, 2.75) is 13.5 Å². The molecule has 0 unspecified atom stereocenters. The van der Waals surface area contributed by atoms with Gasteiger partial charge in [-0.3, -0.25) is 0 Å². The molecule has 0 atom stereocenters. The largest absolute Gasteiger partial charge is 0.488 e. The molecular weight excluding hydrogens is 382 g/mol. The van der Waals surface area contributed by atoms with E-state index in [-0.39, 0.29) is 0 Å². The quantitative estimate of drug-likeness (QED) is 0.475. The normalized spacial score (nSPS) is 10.9. The first-order chi connectivity index (χ1) is 13.1. The average molecular weight is 398 g/mol. The van der Waals surface area contributed by atoms with E-state index in [2.05, 4.69) is 10.2 Å². The zero-order valence-corrected chi connectivity index (χ0v) is 16.1. The number of aryl methyl sites for hydroxylation is 1. The third-order valence-corrected chi connectivity index (χ3v) is 5.17. The van der Waals surface area contributed by atoms with Gasteiger partial charge in [-0.2, -0.15) is 0 Å². The van der Waals surface area contributed by atoms with Crippen molar-refractivity contribution in [3.63, 3.8) is 0 Å². The summed E-state index contributed by atoms with van der Waals surface area (Å²) in [5.74, 6) is 1.62. The summed E-state index contributed by atoms with van der Waals surface area (Å²) in [6.07, 6.45) is 0. The van der Waals surface area contributed by atoms with Gasteiger partial charge in [0.15, 0.2) is 0 Å². The van der Waals surface area contributed by atoms with Gasteiger partial charge in [0.25, 0.3) is 0 Å². The lowest BCUT2D eigenvalue weighted by atomic mass is 10.1. The predicted octanol–water partition coefficient (Wildman–Crippen LogP) is 5.59. The minimum atomic E-state index is 0.416. The van der Waals surface area contributed by atoms with Gasteiger partial charge in [0.05, 0.1) is 0 Å². The standard InChI is InChI=1S/C20H16ClN3O2S/c1-12-2-3-14(8-18(12)25-9-15-10-27-11-17(15)22)20-24-23-19(26-20)13-4-6-16(21)7-5-13/h2-8,10-11H,9,22H2,1H3. The van der Waals surface area contributed by atoms with E-state index in [1.54, 1.807) is 23.5 Å². The Kier molecular flexibility index (Phi) is 4.83. The van der Waals surface area contributed by atoms with E-state index in [0.29, 0.717) is 23.4 Å². The second kappa shape index (κ2) is 7.42. The summed E-state index contributed by atoms with van der Waals surface area (Å²) in [4.78, 5) is 0. The zero-order valence-electron chi connectivity index (χ0n) is 14.5. The summed E-state index contributed by atoms with van der Waals surface area (Å²) in [6, 6.07) is 13.1. The molecule has 0 radical (unpaired) electrons. The maximum absolute atomic E-state index is 5.95. The van der Waals surface area contributed by atoms with Crippen molar-refractivity contribution in [1.29, 1.82) is 0 Å². The van der Waals surface area contributed by atoms with E-state index in [4.69, 9.17) is 26.5 Å². The first kappa shape index (κ1) is 17.6. The summed E-state index contributed by atoms with van der Waals surface area (Å²) in [5, 5.41) is 12.8. The SMILES string of the molecule is Cc1ccc(-c2nnc(-c3ccc(Cl)cc3)o2)cc1OCc1cscc1N. The van der Waals surface area contributed by atoms with Crippen molar-refractivity contribution in [2.75, 3.05) is 5.73 Å².